The number of benzene rings is 3. The van der Waals surface area contributed by atoms with Crippen LogP contribution in [0, 0.1) is 0 Å². The molecule has 37 heavy (non-hydrogen) atoms. The van der Waals surface area contributed by atoms with Gasteiger partial charge in [-0.1, -0.05) is 36.4 Å². The molecular formula is C27H32N2O7S. The average Bonchev–Trinajstić information content (AvgIpc) is 2.92. The Balaban J connectivity index is 1.76. The first-order valence-corrected chi connectivity index (χ1v) is 13.1. The summed E-state index contributed by atoms with van der Waals surface area (Å²) in [4.78, 5) is 13.1. The molecule has 0 bridgehead atoms. The summed E-state index contributed by atoms with van der Waals surface area (Å²) in [6.07, 6.45) is 0.697. The van der Waals surface area contributed by atoms with Crippen molar-refractivity contribution in [2.45, 2.75) is 23.8 Å². The van der Waals surface area contributed by atoms with Crippen molar-refractivity contribution in [1.82, 2.24) is 10.0 Å². The third-order valence-electron chi connectivity index (χ3n) is 5.72. The number of methoxy groups -OCH3 is 4. The first-order valence-electron chi connectivity index (χ1n) is 11.6. The van der Waals surface area contributed by atoms with Crippen molar-refractivity contribution in [3.05, 3.63) is 77.9 Å². The Kier molecular flexibility index (Phi) is 9.76. The molecule has 3 rings (SSSR count). The van der Waals surface area contributed by atoms with Gasteiger partial charge in [0.25, 0.3) is 0 Å². The van der Waals surface area contributed by atoms with Crippen LogP contribution in [0.25, 0.3) is 0 Å². The molecule has 0 saturated heterocycles. The molecule has 3 aromatic rings. The zero-order valence-corrected chi connectivity index (χ0v) is 22.1. The van der Waals surface area contributed by atoms with Gasteiger partial charge in [0.1, 0.15) is 6.04 Å². The molecule has 3 aromatic carbocycles. The summed E-state index contributed by atoms with van der Waals surface area (Å²) in [6.45, 7) is 0.303. The Labute approximate surface area is 217 Å². The lowest BCUT2D eigenvalue weighted by Crippen LogP contribution is -2.48. The molecule has 2 N–H and O–H groups in total. The number of amides is 1. The minimum atomic E-state index is -4.05. The quantitative estimate of drug-likeness (QED) is 0.351. The zero-order valence-electron chi connectivity index (χ0n) is 21.3. The van der Waals surface area contributed by atoms with Crippen LogP contribution in [0.3, 0.4) is 0 Å². The van der Waals surface area contributed by atoms with Crippen molar-refractivity contribution in [2.24, 2.45) is 0 Å². The SMILES string of the molecule is COc1ccc(CCNC(=O)[C@H](Cc2ccccc2)NS(=O)(=O)c2ccc(OC)c(OC)c2)cc1OC. The van der Waals surface area contributed by atoms with Gasteiger partial charge in [-0.2, -0.15) is 4.72 Å². The van der Waals surface area contributed by atoms with Crippen LogP contribution in [0.5, 0.6) is 23.0 Å². The average molecular weight is 529 g/mol. The lowest BCUT2D eigenvalue weighted by molar-refractivity contribution is -0.122. The van der Waals surface area contributed by atoms with E-state index in [0.29, 0.717) is 30.2 Å². The van der Waals surface area contributed by atoms with Gasteiger partial charge in [-0.25, -0.2) is 8.42 Å². The van der Waals surface area contributed by atoms with E-state index in [1.54, 1.807) is 20.3 Å². The number of rotatable bonds is 13. The molecule has 10 heteroatoms. The summed E-state index contributed by atoms with van der Waals surface area (Å²) in [6, 6.07) is 18.0. The topological polar surface area (TPSA) is 112 Å². The second kappa shape index (κ2) is 13.0. The number of nitrogens with one attached hydrogen (secondary N) is 2. The largest absolute Gasteiger partial charge is 0.493 e. The van der Waals surface area contributed by atoms with E-state index in [1.807, 2.05) is 42.5 Å². The first kappa shape index (κ1) is 27.8. The van der Waals surface area contributed by atoms with Crippen molar-refractivity contribution in [3.8, 4) is 23.0 Å². The Morgan fingerprint density at radius 2 is 1.35 bits per heavy atom. The van der Waals surface area contributed by atoms with E-state index in [4.69, 9.17) is 18.9 Å². The van der Waals surface area contributed by atoms with Gasteiger partial charge in [0.2, 0.25) is 15.9 Å². The molecule has 0 saturated carbocycles. The second-order valence-corrected chi connectivity index (χ2v) is 9.82. The van der Waals surface area contributed by atoms with Gasteiger partial charge >= 0.3 is 0 Å². The lowest BCUT2D eigenvalue weighted by Gasteiger charge is -2.19. The van der Waals surface area contributed by atoms with E-state index < -0.39 is 22.0 Å². The Morgan fingerprint density at radius 3 is 1.97 bits per heavy atom. The lowest BCUT2D eigenvalue weighted by atomic mass is 10.1. The van der Waals surface area contributed by atoms with Crippen molar-refractivity contribution < 1.29 is 32.2 Å². The Morgan fingerprint density at radius 1 is 0.757 bits per heavy atom. The maximum absolute atomic E-state index is 13.2. The number of carbonyl (C=O) groups excluding carboxylic acids is 1. The number of hydrogen-bond donors (Lipinski definition) is 2. The molecule has 1 atom stereocenters. The molecule has 0 radical (unpaired) electrons. The normalized spacial score (nSPS) is 11.9. The molecular weight excluding hydrogens is 496 g/mol. The molecule has 0 aliphatic rings. The minimum absolute atomic E-state index is 0.0404. The van der Waals surface area contributed by atoms with E-state index in [1.165, 1.54) is 32.4 Å². The molecule has 0 aliphatic heterocycles. The molecule has 0 aromatic heterocycles. The maximum Gasteiger partial charge on any atom is 0.241 e. The first-order chi connectivity index (χ1) is 17.8. The van der Waals surface area contributed by atoms with Crippen LogP contribution in [0.15, 0.2) is 71.6 Å². The standard InChI is InChI=1S/C27H32N2O7S/c1-33-23-12-10-20(17-25(23)35-3)14-15-28-27(30)22(16-19-8-6-5-7-9-19)29-37(31,32)21-11-13-24(34-2)26(18-21)36-4/h5-13,17-18,22,29H,14-16H2,1-4H3,(H,28,30)/t22-/m0/s1. The van der Waals surface area contributed by atoms with E-state index in [9.17, 15) is 13.2 Å². The van der Waals surface area contributed by atoms with Gasteiger partial charge in [-0.15, -0.1) is 0 Å². The molecule has 0 fully saturated rings. The number of hydrogen-bond acceptors (Lipinski definition) is 7. The van der Waals surface area contributed by atoms with Crippen LogP contribution in [-0.2, 0) is 27.7 Å². The van der Waals surface area contributed by atoms with Crippen LogP contribution >= 0.6 is 0 Å². The molecule has 0 spiro atoms. The number of ether oxygens (including phenoxy) is 4. The van der Waals surface area contributed by atoms with E-state index in [2.05, 4.69) is 10.0 Å². The van der Waals surface area contributed by atoms with Crippen LogP contribution in [-0.4, -0.2) is 55.4 Å². The number of sulfonamides is 1. The van der Waals surface area contributed by atoms with Crippen LogP contribution < -0.4 is 29.0 Å². The summed E-state index contributed by atoms with van der Waals surface area (Å²) in [7, 11) is 1.96. The molecule has 9 nitrogen and oxygen atoms in total. The summed E-state index contributed by atoms with van der Waals surface area (Å²) in [5.41, 5.74) is 1.75. The highest BCUT2D eigenvalue weighted by Crippen LogP contribution is 2.30. The monoisotopic (exact) mass is 528 g/mol. The van der Waals surface area contributed by atoms with Crippen molar-refractivity contribution in [3.63, 3.8) is 0 Å². The highest BCUT2D eigenvalue weighted by atomic mass is 32.2. The molecule has 1 amide bonds. The highest BCUT2D eigenvalue weighted by Gasteiger charge is 2.27. The van der Waals surface area contributed by atoms with E-state index in [-0.39, 0.29) is 17.1 Å². The third-order valence-corrected chi connectivity index (χ3v) is 7.19. The minimum Gasteiger partial charge on any atom is -0.493 e. The fourth-order valence-corrected chi connectivity index (χ4v) is 4.98. The summed E-state index contributed by atoms with van der Waals surface area (Å²) in [5.74, 6) is 1.44. The zero-order chi connectivity index (χ0) is 26.8. The van der Waals surface area contributed by atoms with E-state index >= 15 is 0 Å². The van der Waals surface area contributed by atoms with Gasteiger partial charge in [0, 0.05) is 12.6 Å². The Hall–Kier alpha value is -3.76. The van der Waals surface area contributed by atoms with Crippen LogP contribution in [0.4, 0.5) is 0 Å². The van der Waals surface area contributed by atoms with Gasteiger partial charge in [0.15, 0.2) is 23.0 Å². The van der Waals surface area contributed by atoms with E-state index in [0.717, 1.165) is 11.1 Å². The second-order valence-electron chi connectivity index (χ2n) is 8.11. The van der Waals surface area contributed by atoms with Crippen molar-refractivity contribution in [2.75, 3.05) is 35.0 Å². The Bertz CT molecular complexity index is 1300. The predicted octanol–water partition coefficient (Wildman–Crippen LogP) is 2.97. The molecule has 0 aliphatic carbocycles. The summed E-state index contributed by atoms with van der Waals surface area (Å²) < 4.78 is 50.0. The number of carbonyl (C=O) groups is 1. The highest BCUT2D eigenvalue weighted by molar-refractivity contribution is 7.89. The van der Waals surface area contributed by atoms with Crippen LogP contribution in [0.2, 0.25) is 0 Å². The van der Waals surface area contributed by atoms with Gasteiger partial charge in [-0.3, -0.25) is 4.79 Å². The molecule has 198 valence electrons. The van der Waals surface area contributed by atoms with Crippen LogP contribution in [0.1, 0.15) is 11.1 Å². The molecule has 0 heterocycles. The predicted molar refractivity (Wildman–Crippen MR) is 140 cm³/mol. The summed E-state index contributed by atoms with van der Waals surface area (Å²) >= 11 is 0. The van der Waals surface area contributed by atoms with Gasteiger partial charge in [-0.05, 0) is 48.2 Å². The maximum atomic E-state index is 13.2. The smallest absolute Gasteiger partial charge is 0.241 e. The van der Waals surface area contributed by atoms with Gasteiger partial charge < -0.3 is 24.3 Å². The van der Waals surface area contributed by atoms with Crippen molar-refractivity contribution in [1.29, 1.82) is 0 Å². The summed E-state index contributed by atoms with van der Waals surface area (Å²) in [5, 5.41) is 2.85. The fourth-order valence-electron chi connectivity index (χ4n) is 3.77. The van der Waals surface area contributed by atoms with Crippen molar-refractivity contribution >= 4 is 15.9 Å². The van der Waals surface area contributed by atoms with Gasteiger partial charge in [0.05, 0.1) is 33.3 Å². The third kappa shape index (κ3) is 7.37. The molecule has 0 unspecified atom stereocenters. The fraction of sp³-hybridized carbons (Fsp3) is 0.296.